The number of aromatic nitrogens is 2. The molecule has 1 heterocycles. The zero-order chi connectivity index (χ0) is 40.2. The number of nitrogens with two attached hydrogens (primary N) is 2. The van der Waals surface area contributed by atoms with Gasteiger partial charge in [-0.2, -0.15) is 15.3 Å². The van der Waals surface area contributed by atoms with Crippen molar-refractivity contribution < 1.29 is 34.2 Å². The van der Waals surface area contributed by atoms with Crippen molar-refractivity contribution in [3.63, 3.8) is 0 Å². The van der Waals surface area contributed by atoms with Crippen molar-refractivity contribution in [1.29, 1.82) is 0 Å². The molecule has 17 nitrogen and oxygen atoms in total. The van der Waals surface area contributed by atoms with Gasteiger partial charge in [-0.15, -0.1) is 0 Å². The van der Waals surface area contributed by atoms with Crippen LogP contribution in [0.5, 0.6) is 23.0 Å². The Hall–Kier alpha value is -8.21. The number of hydrogen-bond donors (Lipinski definition) is 6. The van der Waals surface area contributed by atoms with Crippen LogP contribution in [0, 0.1) is 10.1 Å². The van der Waals surface area contributed by atoms with E-state index in [0.29, 0.717) is 33.6 Å². The van der Waals surface area contributed by atoms with Crippen molar-refractivity contribution in [3.8, 4) is 39.9 Å². The number of hydrazone groups is 2. The Bertz CT molecular complexity index is 2310. The van der Waals surface area contributed by atoms with Gasteiger partial charge in [0.05, 0.1) is 41.9 Å². The Balaban J connectivity index is 1.80. The molecule has 0 aliphatic rings. The number of urea groups is 2. The fourth-order valence-electron chi connectivity index (χ4n) is 5.16. The zero-order valence-electron chi connectivity index (χ0n) is 29.9. The van der Waals surface area contributed by atoms with E-state index in [1.165, 1.54) is 50.6 Å². The maximum Gasteiger partial charge on any atom is 0.332 e. The van der Waals surface area contributed by atoms with Gasteiger partial charge < -0.3 is 31.2 Å². The molecule has 284 valence electrons. The minimum atomic E-state index is -0.995. The van der Waals surface area contributed by atoms with Gasteiger partial charge in [0.25, 0.3) is 5.69 Å². The first kappa shape index (κ1) is 39.0. The Kier molecular flexibility index (Phi) is 12.6. The van der Waals surface area contributed by atoms with Gasteiger partial charge in [0, 0.05) is 35.0 Å². The van der Waals surface area contributed by atoms with Gasteiger partial charge in [0.2, 0.25) is 0 Å². The van der Waals surface area contributed by atoms with Gasteiger partial charge >= 0.3 is 12.1 Å². The van der Waals surface area contributed by atoms with E-state index in [4.69, 9.17) is 26.0 Å². The van der Waals surface area contributed by atoms with Gasteiger partial charge in [-0.1, -0.05) is 42.5 Å². The van der Waals surface area contributed by atoms with E-state index in [0.717, 1.165) is 0 Å². The van der Waals surface area contributed by atoms with Crippen LogP contribution >= 0.6 is 0 Å². The number of hydrogen-bond acceptors (Lipinski definition) is 11. The smallest absolute Gasteiger partial charge is 0.332 e. The van der Waals surface area contributed by atoms with Crippen LogP contribution in [0.1, 0.15) is 16.7 Å². The molecule has 0 saturated carbocycles. The molecule has 0 spiro atoms. The number of nitrogens with zero attached hydrogens (tertiary/aromatic N) is 5. The summed E-state index contributed by atoms with van der Waals surface area (Å²) in [7, 11) is 2.80. The van der Waals surface area contributed by atoms with Crippen molar-refractivity contribution in [2.24, 2.45) is 21.7 Å². The van der Waals surface area contributed by atoms with E-state index in [-0.39, 0.29) is 45.7 Å². The molecule has 8 N–H and O–H groups in total. The standard InChI is InChI=1S/C39H35N9O8/c1-55-35-20-24(10-18-33(35)49)8-16-31(42-44-38(40)51)30(32(43-45-39(41)52)17-9-25-11-19-34(50)36(21-25)56-2)22-27-23-47(28-6-4-3-5-7-28)46-37(27)26-12-14-29(15-13-26)48(53)54/h3-23,49-50H,1-2H3,(H3,40,44,51)(H3,41,45,52)/b16-8+,17-9+,42-31+,43-32+. The molecule has 4 aromatic carbocycles. The van der Waals surface area contributed by atoms with Crippen molar-refractivity contribution >= 4 is 47.4 Å². The minimum absolute atomic E-state index is 0.0379. The predicted octanol–water partition coefficient (Wildman–Crippen LogP) is 5.73. The number of para-hydroxylation sites is 1. The molecular formula is C39H35N9O8. The number of carbonyl (C=O) groups is 2. The van der Waals surface area contributed by atoms with Crippen molar-refractivity contribution in [2.75, 3.05) is 14.2 Å². The van der Waals surface area contributed by atoms with E-state index >= 15 is 0 Å². The van der Waals surface area contributed by atoms with Gasteiger partial charge in [0.1, 0.15) is 0 Å². The molecule has 0 aliphatic carbocycles. The van der Waals surface area contributed by atoms with Gasteiger partial charge in [-0.05, 0) is 77.9 Å². The van der Waals surface area contributed by atoms with Crippen LogP contribution in [-0.2, 0) is 0 Å². The largest absolute Gasteiger partial charge is 0.504 e. The summed E-state index contributed by atoms with van der Waals surface area (Å²) in [5, 5.41) is 45.2. The summed E-state index contributed by atoms with van der Waals surface area (Å²) in [6, 6.07) is 22.2. The van der Waals surface area contributed by atoms with E-state index in [2.05, 4.69) is 21.1 Å². The normalized spacial score (nSPS) is 11.7. The van der Waals surface area contributed by atoms with Crippen LogP contribution in [0.3, 0.4) is 0 Å². The summed E-state index contributed by atoms with van der Waals surface area (Å²) in [4.78, 5) is 35.0. The van der Waals surface area contributed by atoms with Crippen molar-refractivity contribution in [3.05, 3.63) is 142 Å². The van der Waals surface area contributed by atoms with Crippen molar-refractivity contribution in [1.82, 2.24) is 20.6 Å². The van der Waals surface area contributed by atoms with Crippen LogP contribution in [0.2, 0.25) is 0 Å². The lowest BCUT2D eigenvalue weighted by atomic mass is 9.98. The second-order valence-electron chi connectivity index (χ2n) is 11.6. The number of aromatic hydroxyl groups is 2. The molecule has 0 atom stereocenters. The number of nitro benzene ring substituents is 1. The summed E-state index contributed by atoms with van der Waals surface area (Å²) in [6.45, 7) is 0. The van der Waals surface area contributed by atoms with Crippen LogP contribution in [0.15, 0.2) is 125 Å². The second kappa shape index (κ2) is 18.0. The first-order chi connectivity index (χ1) is 26.9. The lowest BCUT2D eigenvalue weighted by Gasteiger charge is -2.11. The lowest BCUT2D eigenvalue weighted by molar-refractivity contribution is -0.384. The molecule has 0 unspecified atom stereocenters. The molecular weight excluding hydrogens is 722 g/mol. The molecule has 5 rings (SSSR count). The average molecular weight is 758 g/mol. The minimum Gasteiger partial charge on any atom is -0.504 e. The highest BCUT2D eigenvalue weighted by Crippen LogP contribution is 2.30. The number of rotatable bonds is 14. The van der Waals surface area contributed by atoms with Gasteiger partial charge in [-0.25, -0.2) is 25.1 Å². The average Bonchev–Trinajstić information content (AvgIpc) is 3.62. The SMILES string of the molecule is COc1cc(/C=C/C(=N\NC(N)=O)C(=Cc2cn(-c3ccccc3)nc2-c2ccc([N+](=O)[O-])cc2)C(/C=C/c2ccc(O)c(OC)c2)=N/NC(N)=O)ccc1O. The molecule has 0 fully saturated rings. The van der Waals surface area contributed by atoms with E-state index in [9.17, 15) is 29.9 Å². The Morgan fingerprint density at radius 2 is 1.32 bits per heavy atom. The number of nitrogens with one attached hydrogen (secondary N) is 2. The molecule has 0 bridgehead atoms. The molecule has 1 aromatic heterocycles. The fraction of sp³-hybridized carbons (Fsp3) is 0.0513. The van der Waals surface area contributed by atoms with Crippen LogP contribution in [-0.4, -0.2) is 62.6 Å². The highest BCUT2D eigenvalue weighted by Gasteiger charge is 2.19. The third kappa shape index (κ3) is 10.0. The fourth-order valence-corrected chi connectivity index (χ4v) is 5.16. The summed E-state index contributed by atoms with van der Waals surface area (Å²) in [5.74, 6) is 0.203. The first-order valence-electron chi connectivity index (χ1n) is 16.4. The lowest BCUT2D eigenvalue weighted by Crippen LogP contribution is -2.28. The van der Waals surface area contributed by atoms with Gasteiger partial charge in [-0.3, -0.25) is 10.1 Å². The maximum absolute atomic E-state index is 12.0. The molecule has 0 aliphatic heterocycles. The number of phenols is 2. The van der Waals surface area contributed by atoms with Crippen LogP contribution in [0.4, 0.5) is 15.3 Å². The number of primary amides is 2. The number of nitro groups is 1. The molecule has 4 amide bonds. The maximum atomic E-state index is 12.0. The van der Waals surface area contributed by atoms with Gasteiger partial charge in [0.15, 0.2) is 23.0 Å². The molecule has 56 heavy (non-hydrogen) atoms. The Labute approximate surface area is 319 Å². The number of carbonyl (C=O) groups excluding carboxylic acids is 2. The predicted molar refractivity (Wildman–Crippen MR) is 211 cm³/mol. The number of methoxy groups -OCH3 is 2. The Morgan fingerprint density at radius 1 is 0.804 bits per heavy atom. The van der Waals surface area contributed by atoms with E-state index < -0.39 is 17.0 Å². The van der Waals surface area contributed by atoms with Crippen LogP contribution < -0.4 is 31.8 Å². The Morgan fingerprint density at radius 3 is 1.79 bits per heavy atom. The monoisotopic (exact) mass is 757 g/mol. The van der Waals surface area contributed by atoms with Crippen molar-refractivity contribution in [2.45, 2.75) is 0 Å². The number of phenolic OH excluding ortho intramolecular Hbond substituents is 2. The first-order valence-corrected chi connectivity index (χ1v) is 16.4. The third-order valence-corrected chi connectivity index (χ3v) is 7.81. The molecule has 0 radical (unpaired) electrons. The summed E-state index contributed by atoms with van der Waals surface area (Å²) < 4.78 is 12.1. The molecule has 17 heteroatoms. The third-order valence-electron chi connectivity index (χ3n) is 7.81. The van der Waals surface area contributed by atoms with E-state index in [1.54, 1.807) is 65.5 Å². The topological polar surface area (TPSA) is 255 Å². The van der Waals surface area contributed by atoms with Crippen LogP contribution in [0.25, 0.3) is 35.2 Å². The van der Waals surface area contributed by atoms with E-state index in [1.807, 2.05) is 30.3 Å². The number of amides is 4. The highest BCUT2D eigenvalue weighted by molar-refractivity contribution is 6.35. The molecule has 5 aromatic rings. The highest BCUT2D eigenvalue weighted by atomic mass is 16.6. The zero-order valence-corrected chi connectivity index (χ0v) is 29.9. The number of allylic oxidation sites excluding steroid dienone is 3. The summed E-state index contributed by atoms with van der Waals surface area (Å²) in [6.07, 6.45) is 9.56. The number of benzene rings is 4. The molecule has 0 saturated heterocycles. The summed E-state index contributed by atoms with van der Waals surface area (Å²) >= 11 is 0. The number of non-ortho nitro benzene ring substituents is 1. The number of ether oxygens (including phenoxy) is 2. The second-order valence-corrected chi connectivity index (χ2v) is 11.6. The summed E-state index contributed by atoms with van der Waals surface area (Å²) in [5.41, 5.74) is 18.6. The quantitative estimate of drug-likeness (QED) is 0.0458.